The lowest BCUT2D eigenvalue weighted by molar-refractivity contribution is 0.170. The van der Waals surface area contributed by atoms with Crippen LogP contribution >= 0.6 is 0 Å². The fraction of sp³-hybridized carbons (Fsp3) is 0.500. The smallest absolute Gasteiger partial charge is 0.231 e. The monoisotopic (exact) mass is 239 g/mol. The zero-order chi connectivity index (χ0) is 11.8. The normalized spacial score (nSPS) is 21.9. The molecule has 0 aromatic heterocycles. The quantitative estimate of drug-likeness (QED) is 0.856. The van der Waals surface area contributed by atoms with Gasteiger partial charge >= 0.3 is 0 Å². The lowest BCUT2D eigenvalue weighted by atomic mass is 10.0. The van der Waals surface area contributed by atoms with Gasteiger partial charge in [0, 0.05) is 11.6 Å². The van der Waals surface area contributed by atoms with Crippen molar-refractivity contribution in [2.45, 2.75) is 18.9 Å². The van der Waals surface area contributed by atoms with Crippen LogP contribution in [0.2, 0.25) is 0 Å². The molecule has 2 aliphatic rings. The maximum absolute atomic E-state index is 14.1. The first kappa shape index (κ1) is 10.7. The third-order valence-corrected chi connectivity index (χ3v) is 3.23. The largest absolute Gasteiger partial charge is 0.493 e. The molecule has 1 N–H and O–H groups in total. The van der Waals surface area contributed by atoms with Crippen molar-refractivity contribution >= 4 is 0 Å². The third kappa shape index (κ3) is 1.61. The van der Waals surface area contributed by atoms with Crippen LogP contribution in [0.15, 0.2) is 6.07 Å². The van der Waals surface area contributed by atoms with Gasteiger partial charge in [-0.05, 0) is 25.5 Å². The number of fused-ring (bicyclic) bond motifs is 1. The summed E-state index contributed by atoms with van der Waals surface area (Å²) in [6.07, 6.45) is 2.07. The molecule has 1 fully saturated rings. The van der Waals surface area contributed by atoms with Gasteiger partial charge in [0.25, 0.3) is 0 Å². The van der Waals surface area contributed by atoms with E-state index in [1.54, 1.807) is 0 Å². The van der Waals surface area contributed by atoms with Crippen molar-refractivity contribution in [1.29, 1.82) is 0 Å². The number of halogens is 1. The van der Waals surface area contributed by atoms with Gasteiger partial charge in [-0.25, -0.2) is 0 Å². The molecule has 1 unspecified atom stereocenters. The van der Waals surface area contributed by atoms with Gasteiger partial charge < -0.3 is 19.5 Å². The van der Waals surface area contributed by atoms with Crippen LogP contribution in [-0.4, -0.2) is 20.4 Å². The second-order valence-electron chi connectivity index (χ2n) is 4.20. The number of nitrogens with one attached hydrogen (secondary N) is 1. The highest BCUT2D eigenvalue weighted by Crippen LogP contribution is 2.44. The Bertz CT molecular complexity index is 444. The van der Waals surface area contributed by atoms with E-state index in [1.807, 2.05) is 6.07 Å². The summed E-state index contributed by atoms with van der Waals surface area (Å²) in [6.45, 7) is 1.01. The van der Waals surface area contributed by atoms with Crippen LogP contribution < -0.4 is 19.5 Å². The van der Waals surface area contributed by atoms with Crippen LogP contribution in [0.4, 0.5) is 4.39 Å². The van der Waals surface area contributed by atoms with Crippen molar-refractivity contribution < 1.29 is 18.6 Å². The molecule has 0 saturated carbocycles. The molecule has 2 heterocycles. The summed E-state index contributed by atoms with van der Waals surface area (Å²) in [6, 6.07) is 1.95. The Morgan fingerprint density at radius 2 is 2.35 bits per heavy atom. The van der Waals surface area contributed by atoms with Crippen LogP contribution in [0.3, 0.4) is 0 Å². The van der Waals surface area contributed by atoms with Gasteiger partial charge in [0.1, 0.15) is 0 Å². The summed E-state index contributed by atoms with van der Waals surface area (Å²) in [5.41, 5.74) is 0.812. The van der Waals surface area contributed by atoms with Crippen LogP contribution in [0, 0.1) is 5.82 Å². The molecule has 0 radical (unpaired) electrons. The first-order valence-corrected chi connectivity index (χ1v) is 5.70. The van der Waals surface area contributed by atoms with E-state index in [9.17, 15) is 4.39 Å². The average Bonchev–Trinajstić information content (AvgIpc) is 2.99. The van der Waals surface area contributed by atoms with Crippen molar-refractivity contribution in [3.63, 3.8) is 0 Å². The molecule has 4 nitrogen and oxygen atoms in total. The van der Waals surface area contributed by atoms with E-state index >= 15 is 0 Å². The molecule has 0 amide bonds. The fourth-order valence-electron chi connectivity index (χ4n) is 2.42. The number of benzene rings is 1. The SMILES string of the molecule is COc1c(C2CCCN2)cc2c(c1F)OCO2. The first-order chi connectivity index (χ1) is 8.31. The van der Waals surface area contributed by atoms with E-state index in [-0.39, 0.29) is 24.3 Å². The standard InChI is InChI=1S/C12H14FNO3/c1-15-11-7(8-3-2-4-14-8)5-9-12(10(11)13)17-6-16-9/h5,8,14H,2-4,6H2,1H3. The van der Waals surface area contributed by atoms with E-state index in [0.29, 0.717) is 5.75 Å². The highest BCUT2D eigenvalue weighted by Gasteiger charge is 2.29. The fourth-order valence-corrected chi connectivity index (χ4v) is 2.42. The molecule has 0 bridgehead atoms. The summed E-state index contributed by atoms with van der Waals surface area (Å²) in [4.78, 5) is 0. The zero-order valence-corrected chi connectivity index (χ0v) is 9.59. The molecule has 1 atom stereocenters. The van der Waals surface area contributed by atoms with E-state index in [1.165, 1.54) is 7.11 Å². The van der Waals surface area contributed by atoms with Crippen molar-refractivity contribution in [3.05, 3.63) is 17.4 Å². The number of methoxy groups -OCH3 is 1. The minimum absolute atomic E-state index is 0.0664. The Kier molecular flexibility index (Phi) is 2.55. The second-order valence-corrected chi connectivity index (χ2v) is 4.20. The average molecular weight is 239 g/mol. The van der Waals surface area contributed by atoms with Gasteiger partial charge in [-0.1, -0.05) is 0 Å². The Labute approximate surface area is 98.7 Å². The lowest BCUT2D eigenvalue weighted by Gasteiger charge is -2.16. The van der Waals surface area contributed by atoms with E-state index < -0.39 is 5.82 Å². The molecule has 1 aromatic carbocycles. The van der Waals surface area contributed by atoms with E-state index in [2.05, 4.69) is 5.32 Å². The molecule has 3 rings (SSSR count). The topological polar surface area (TPSA) is 39.7 Å². The minimum Gasteiger partial charge on any atom is -0.493 e. The zero-order valence-electron chi connectivity index (χ0n) is 9.59. The van der Waals surface area contributed by atoms with Gasteiger partial charge in [0.05, 0.1) is 7.11 Å². The highest BCUT2D eigenvalue weighted by molar-refractivity contribution is 5.54. The van der Waals surface area contributed by atoms with Gasteiger partial charge in [-0.3, -0.25) is 0 Å². The predicted molar refractivity (Wildman–Crippen MR) is 59.1 cm³/mol. The van der Waals surface area contributed by atoms with Crippen molar-refractivity contribution in [2.75, 3.05) is 20.4 Å². The summed E-state index contributed by atoms with van der Waals surface area (Å²) >= 11 is 0. The molecular formula is C12H14FNO3. The van der Waals surface area contributed by atoms with E-state index in [4.69, 9.17) is 14.2 Å². The summed E-state index contributed by atoms with van der Waals surface area (Å²) in [5.74, 6) is 0.412. The molecule has 0 spiro atoms. The highest BCUT2D eigenvalue weighted by atomic mass is 19.1. The molecule has 1 saturated heterocycles. The molecule has 92 valence electrons. The van der Waals surface area contributed by atoms with Gasteiger partial charge in [-0.2, -0.15) is 4.39 Å². The number of hydrogen-bond acceptors (Lipinski definition) is 4. The molecule has 1 aromatic rings. The number of rotatable bonds is 2. The van der Waals surface area contributed by atoms with E-state index in [0.717, 1.165) is 24.9 Å². The summed E-state index contributed by atoms with van der Waals surface area (Å²) in [7, 11) is 1.47. The van der Waals surface area contributed by atoms with Gasteiger partial charge in [0.15, 0.2) is 11.5 Å². The van der Waals surface area contributed by atoms with Crippen molar-refractivity contribution in [3.8, 4) is 17.2 Å². The Morgan fingerprint density at radius 1 is 1.47 bits per heavy atom. The van der Waals surface area contributed by atoms with Crippen LogP contribution in [0.25, 0.3) is 0 Å². The second kappa shape index (κ2) is 4.07. The molecule has 17 heavy (non-hydrogen) atoms. The molecular weight excluding hydrogens is 225 g/mol. The molecule has 2 aliphatic heterocycles. The van der Waals surface area contributed by atoms with Crippen molar-refractivity contribution in [2.24, 2.45) is 0 Å². The van der Waals surface area contributed by atoms with Crippen LogP contribution in [0.5, 0.6) is 17.2 Å². The van der Waals surface area contributed by atoms with Crippen LogP contribution in [-0.2, 0) is 0 Å². The van der Waals surface area contributed by atoms with Crippen molar-refractivity contribution in [1.82, 2.24) is 5.32 Å². The van der Waals surface area contributed by atoms with Crippen LogP contribution in [0.1, 0.15) is 24.4 Å². The lowest BCUT2D eigenvalue weighted by Crippen LogP contribution is -2.14. The minimum atomic E-state index is -0.466. The summed E-state index contributed by atoms with van der Waals surface area (Å²) in [5, 5.41) is 3.32. The number of hydrogen-bond donors (Lipinski definition) is 1. The Hall–Kier alpha value is -1.49. The first-order valence-electron chi connectivity index (χ1n) is 5.70. The Morgan fingerprint density at radius 3 is 3.06 bits per heavy atom. The number of ether oxygens (including phenoxy) is 3. The van der Waals surface area contributed by atoms with Gasteiger partial charge in [-0.15, -0.1) is 0 Å². The van der Waals surface area contributed by atoms with Gasteiger partial charge in [0.2, 0.25) is 18.4 Å². The maximum atomic E-state index is 14.1. The maximum Gasteiger partial charge on any atom is 0.231 e. The predicted octanol–water partition coefficient (Wildman–Crippen LogP) is 1.99. The molecule has 5 heteroatoms. The Balaban J connectivity index is 2.10. The summed E-state index contributed by atoms with van der Waals surface area (Å²) < 4.78 is 29.6. The third-order valence-electron chi connectivity index (χ3n) is 3.23. The molecule has 0 aliphatic carbocycles.